The Bertz CT molecular complexity index is 157. The third-order valence-electron chi connectivity index (χ3n) is 2.09. The van der Waals surface area contributed by atoms with Gasteiger partial charge in [0.05, 0.1) is 6.10 Å². The van der Waals surface area contributed by atoms with Gasteiger partial charge in [-0.15, -0.1) is 0 Å². The number of aliphatic carboxylic acids is 1. The van der Waals surface area contributed by atoms with Gasteiger partial charge in [0, 0.05) is 12.5 Å². The molecular weight excluding hydrogens is 148 g/mol. The van der Waals surface area contributed by atoms with E-state index in [0.29, 0.717) is 13.0 Å². The van der Waals surface area contributed by atoms with Gasteiger partial charge >= 0.3 is 5.97 Å². The zero-order valence-corrected chi connectivity index (χ0v) is 6.36. The normalized spacial score (nSPS) is 33.6. The lowest BCUT2D eigenvalue weighted by Crippen LogP contribution is -2.33. The van der Waals surface area contributed by atoms with Gasteiger partial charge in [-0.1, -0.05) is 0 Å². The molecule has 1 rings (SSSR count). The number of aliphatic hydroxyl groups excluding tert-OH is 1. The van der Waals surface area contributed by atoms with Crippen LogP contribution in [0.2, 0.25) is 0 Å². The Hall–Kier alpha value is -0.610. The molecule has 0 spiro atoms. The van der Waals surface area contributed by atoms with Crippen molar-refractivity contribution >= 4 is 5.97 Å². The minimum Gasteiger partial charge on any atom is -0.479 e. The summed E-state index contributed by atoms with van der Waals surface area (Å²) in [5.41, 5.74) is 0. The zero-order chi connectivity index (χ0) is 8.43. The molecule has 1 aliphatic heterocycles. The Morgan fingerprint density at radius 3 is 2.73 bits per heavy atom. The van der Waals surface area contributed by atoms with Gasteiger partial charge in [0.25, 0.3) is 0 Å². The summed E-state index contributed by atoms with van der Waals surface area (Å²) in [5, 5.41) is 17.6. The first-order valence-corrected chi connectivity index (χ1v) is 3.65. The van der Waals surface area contributed by atoms with Gasteiger partial charge in [0.1, 0.15) is 0 Å². The van der Waals surface area contributed by atoms with Gasteiger partial charge in [0.2, 0.25) is 0 Å². The Morgan fingerprint density at radius 2 is 2.36 bits per heavy atom. The zero-order valence-electron chi connectivity index (χ0n) is 6.36. The van der Waals surface area contributed by atoms with E-state index in [0.717, 1.165) is 0 Å². The first kappa shape index (κ1) is 8.49. The maximum absolute atomic E-state index is 10.3. The van der Waals surface area contributed by atoms with Crippen molar-refractivity contribution in [3.05, 3.63) is 0 Å². The predicted octanol–water partition coefficient (Wildman–Crippen LogP) is -0.143. The van der Waals surface area contributed by atoms with Crippen molar-refractivity contribution in [2.24, 2.45) is 5.92 Å². The van der Waals surface area contributed by atoms with Gasteiger partial charge in [-0.25, -0.2) is 4.79 Å². The fourth-order valence-corrected chi connectivity index (χ4v) is 1.35. The van der Waals surface area contributed by atoms with Crippen LogP contribution in [0.15, 0.2) is 0 Å². The van der Waals surface area contributed by atoms with E-state index in [-0.39, 0.29) is 12.0 Å². The molecular formula is C7H12O4. The van der Waals surface area contributed by atoms with E-state index in [1.165, 1.54) is 0 Å². The molecule has 2 N–H and O–H groups in total. The maximum atomic E-state index is 10.3. The third kappa shape index (κ3) is 1.70. The lowest BCUT2D eigenvalue weighted by atomic mass is 9.96. The number of aliphatic hydroxyl groups is 1. The summed E-state index contributed by atoms with van der Waals surface area (Å²) < 4.78 is 5.11. The summed E-state index contributed by atoms with van der Waals surface area (Å²) in [6.45, 7) is 2.33. The fourth-order valence-electron chi connectivity index (χ4n) is 1.35. The van der Waals surface area contributed by atoms with Crippen molar-refractivity contribution in [3.63, 3.8) is 0 Å². The first-order chi connectivity index (χ1) is 5.13. The van der Waals surface area contributed by atoms with Crippen LogP contribution in [0.5, 0.6) is 0 Å². The third-order valence-corrected chi connectivity index (χ3v) is 2.09. The van der Waals surface area contributed by atoms with E-state index in [4.69, 9.17) is 14.9 Å². The van der Waals surface area contributed by atoms with Crippen molar-refractivity contribution in [1.29, 1.82) is 0 Å². The molecule has 1 saturated heterocycles. The van der Waals surface area contributed by atoms with E-state index in [2.05, 4.69) is 0 Å². The predicted molar refractivity (Wildman–Crippen MR) is 37.2 cm³/mol. The second-order valence-electron chi connectivity index (χ2n) is 2.81. The van der Waals surface area contributed by atoms with E-state index in [1.807, 2.05) is 0 Å². The second-order valence-corrected chi connectivity index (χ2v) is 2.81. The number of hydrogen-bond donors (Lipinski definition) is 2. The molecule has 0 aliphatic carbocycles. The van der Waals surface area contributed by atoms with Crippen LogP contribution in [-0.2, 0) is 9.53 Å². The molecule has 0 aromatic rings. The molecule has 4 heteroatoms. The van der Waals surface area contributed by atoms with Crippen LogP contribution in [0.1, 0.15) is 13.3 Å². The number of ether oxygens (including phenoxy) is 1. The number of carboxylic acids is 1. The lowest BCUT2D eigenvalue weighted by Gasteiger charge is -2.16. The van der Waals surface area contributed by atoms with Gasteiger partial charge < -0.3 is 14.9 Å². The number of carboxylic acid groups (broad SMARTS) is 1. The average Bonchev–Trinajstić information content (AvgIpc) is 2.33. The molecule has 0 radical (unpaired) electrons. The Morgan fingerprint density at radius 1 is 1.73 bits per heavy atom. The summed E-state index contributed by atoms with van der Waals surface area (Å²) in [6.07, 6.45) is -0.775. The molecule has 0 amide bonds. The molecule has 1 heterocycles. The highest BCUT2D eigenvalue weighted by molar-refractivity contribution is 5.72. The molecule has 11 heavy (non-hydrogen) atoms. The van der Waals surface area contributed by atoms with Crippen LogP contribution in [0.3, 0.4) is 0 Å². The Balaban J connectivity index is 2.52. The largest absolute Gasteiger partial charge is 0.479 e. The molecule has 4 nitrogen and oxygen atoms in total. The standard InChI is InChI=1S/C7H12O4/c1-4-5(2-3-11-4)6(8)7(9)10/h4-6,8H,2-3H2,1H3,(H,9,10). The molecule has 0 aromatic carbocycles. The molecule has 0 bridgehead atoms. The van der Waals surface area contributed by atoms with Crippen LogP contribution in [0.25, 0.3) is 0 Å². The molecule has 0 aromatic heterocycles. The SMILES string of the molecule is CC1OCCC1C(O)C(=O)O. The molecule has 3 atom stereocenters. The molecule has 64 valence electrons. The van der Waals surface area contributed by atoms with Crippen molar-refractivity contribution in [1.82, 2.24) is 0 Å². The fraction of sp³-hybridized carbons (Fsp3) is 0.857. The van der Waals surface area contributed by atoms with Gasteiger partial charge in [0.15, 0.2) is 6.10 Å². The Labute approximate surface area is 64.8 Å². The summed E-state index contributed by atoms with van der Waals surface area (Å²) in [4.78, 5) is 10.3. The lowest BCUT2D eigenvalue weighted by molar-refractivity contribution is -0.150. The minimum atomic E-state index is -1.27. The first-order valence-electron chi connectivity index (χ1n) is 3.65. The summed E-state index contributed by atoms with van der Waals surface area (Å²) in [5.74, 6) is -1.40. The molecule has 1 aliphatic rings. The Kier molecular flexibility index (Phi) is 2.46. The molecule has 3 unspecified atom stereocenters. The minimum absolute atomic E-state index is 0.138. The topological polar surface area (TPSA) is 66.8 Å². The van der Waals surface area contributed by atoms with Gasteiger partial charge in [-0.05, 0) is 13.3 Å². The highest BCUT2D eigenvalue weighted by atomic mass is 16.5. The average molecular weight is 160 g/mol. The van der Waals surface area contributed by atoms with Gasteiger partial charge in [-0.3, -0.25) is 0 Å². The highest BCUT2D eigenvalue weighted by Gasteiger charge is 2.34. The van der Waals surface area contributed by atoms with Crippen LogP contribution >= 0.6 is 0 Å². The summed E-state index contributed by atoms with van der Waals surface area (Å²) in [6, 6.07) is 0. The number of rotatable bonds is 2. The van der Waals surface area contributed by atoms with E-state index < -0.39 is 12.1 Å². The van der Waals surface area contributed by atoms with Gasteiger partial charge in [-0.2, -0.15) is 0 Å². The van der Waals surface area contributed by atoms with Crippen molar-refractivity contribution in [2.45, 2.75) is 25.6 Å². The monoisotopic (exact) mass is 160 g/mol. The van der Waals surface area contributed by atoms with Crippen LogP contribution in [0, 0.1) is 5.92 Å². The van der Waals surface area contributed by atoms with Crippen molar-refractivity contribution in [3.8, 4) is 0 Å². The maximum Gasteiger partial charge on any atom is 0.332 e. The van der Waals surface area contributed by atoms with E-state index >= 15 is 0 Å². The number of hydrogen-bond acceptors (Lipinski definition) is 3. The summed E-state index contributed by atoms with van der Waals surface area (Å²) >= 11 is 0. The number of carbonyl (C=O) groups is 1. The second kappa shape index (κ2) is 3.19. The van der Waals surface area contributed by atoms with Crippen LogP contribution in [0.4, 0.5) is 0 Å². The molecule has 0 saturated carbocycles. The summed E-state index contributed by atoms with van der Waals surface area (Å²) in [7, 11) is 0. The van der Waals surface area contributed by atoms with Crippen molar-refractivity contribution < 1.29 is 19.7 Å². The smallest absolute Gasteiger partial charge is 0.332 e. The van der Waals surface area contributed by atoms with Crippen molar-refractivity contribution in [2.75, 3.05) is 6.61 Å². The highest BCUT2D eigenvalue weighted by Crippen LogP contribution is 2.23. The van der Waals surface area contributed by atoms with Crippen LogP contribution < -0.4 is 0 Å². The molecule has 1 fully saturated rings. The van der Waals surface area contributed by atoms with E-state index in [9.17, 15) is 4.79 Å². The quantitative estimate of drug-likeness (QED) is 0.590. The van der Waals surface area contributed by atoms with E-state index in [1.54, 1.807) is 6.92 Å². The van der Waals surface area contributed by atoms with Crippen LogP contribution in [-0.4, -0.2) is 35.0 Å².